The topological polar surface area (TPSA) is 18.5 Å². The van der Waals surface area contributed by atoms with Crippen LogP contribution in [0.1, 0.15) is 13.8 Å². The van der Waals surface area contributed by atoms with Gasteiger partial charge >= 0.3 is 0 Å². The molecule has 1 heterocycles. The molecule has 0 spiro atoms. The smallest absolute Gasteiger partial charge is 0.0950 e. The minimum atomic E-state index is 0.292. The molecule has 42 valence electrons. The highest BCUT2D eigenvalue weighted by Gasteiger charge is 2.20. The summed E-state index contributed by atoms with van der Waals surface area (Å²) in [5.41, 5.74) is 0. The molecule has 0 radical (unpaired) electrons. The van der Waals surface area contributed by atoms with Gasteiger partial charge in [-0.1, -0.05) is 6.92 Å². The summed E-state index contributed by atoms with van der Waals surface area (Å²) in [5.74, 6) is 0.569. The Morgan fingerprint density at radius 2 is 2.14 bits per heavy atom. The predicted molar refractivity (Wildman–Crippen MR) is 25.7 cm³/mol. The van der Waals surface area contributed by atoms with Crippen LogP contribution in [-0.4, -0.2) is 12.7 Å². The van der Waals surface area contributed by atoms with Crippen molar-refractivity contribution in [3.05, 3.63) is 0 Å². The lowest BCUT2D eigenvalue weighted by atomic mass is 10.1. The molecule has 2 nitrogen and oxygen atoms in total. The van der Waals surface area contributed by atoms with Gasteiger partial charge in [0.1, 0.15) is 0 Å². The van der Waals surface area contributed by atoms with Crippen LogP contribution in [-0.2, 0) is 9.78 Å². The van der Waals surface area contributed by atoms with E-state index in [1.165, 1.54) is 0 Å². The van der Waals surface area contributed by atoms with E-state index >= 15 is 0 Å². The summed E-state index contributed by atoms with van der Waals surface area (Å²) in [4.78, 5) is 9.43. The van der Waals surface area contributed by atoms with Gasteiger partial charge in [0.25, 0.3) is 0 Å². The maximum absolute atomic E-state index is 4.77. The van der Waals surface area contributed by atoms with Crippen molar-refractivity contribution < 1.29 is 9.78 Å². The average Bonchev–Trinajstić information content (AvgIpc) is 1.91. The van der Waals surface area contributed by atoms with E-state index in [0.29, 0.717) is 12.0 Å². The minimum Gasteiger partial charge on any atom is -0.236 e. The third-order valence-corrected chi connectivity index (χ3v) is 1.35. The standard InChI is InChI=1S/C5H10O2/c1-4-3-6-7-5(4)2/h4-5H,3H2,1-2H3. The van der Waals surface area contributed by atoms with Gasteiger partial charge in [-0.3, -0.25) is 0 Å². The van der Waals surface area contributed by atoms with Gasteiger partial charge in [-0.25, -0.2) is 9.78 Å². The van der Waals surface area contributed by atoms with Crippen LogP contribution < -0.4 is 0 Å². The van der Waals surface area contributed by atoms with E-state index in [1.807, 2.05) is 6.92 Å². The molecule has 0 N–H and O–H groups in total. The van der Waals surface area contributed by atoms with Gasteiger partial charge in [-0.2, -0.15) is 0 Å². The van der Waals surface area contributed by atoms with Crippen molar-refractivity contribution in [2.24, 2.45) is 5.92 Å². The molecule has 0 bridgehead atoms. The summed E-state index contributed by atoms with van der Waals surface area (Å²) < 4.78 is 0. The lowest BCUT2D eigenvalue weighted by Crippen LogP contribution is -2.07. The van der Waals surface area contributed by atoms with Gasteiger partial charge < -0.3 is 0 Å². The summed E-state index contributed by atoms with van der Waals surface area (Å²) in [6.07, 6.45) is 0.292. The van der Waals surface area contributed by atoms with Crippen molar-refractivity contribution in [1.82, 2.24) is 0 Å². The zero-order valence-electron chi connectivity index (χ0n) is 4.68. The van der Waals surface area contributed by atoms with E-state index in [2.05, 4.69) is 11.8 Å². The molecule has 2 atom stereocenters. The Morgan fingerprint density at radius 1 is 1.43 bits per heavy atom. The monoisotopic (exact) mass is 102 g/mol. The molecule has 1 aliphatic rings. The molecule has 1 aliphatic heterocycles. The van der Waals surface area contributed by atoms with Crippen LogP contribution in [0.2, 0.25) is 0 Å². The first-order valence-electron chi connectivity index (χ1n) is 2.59. The lowest BCUT2D eigenvalue weighted by molar-refractivity contribution is -0.270. The molecule has 0 saturated carbocycles. The van der Waals surface area contributed by atoms with E-state index in [1.54, 1.807) is 0 Å². The van der Waals surface area contributed by atoms with Crippen molar-refractivity contribution in [2.45, 2.75) is 20.0 Å². The third-order valence-electron chi connectivity index (χ3n) is 1.35. The Bertz CT molecular complexity index is 55.1. The Kier molecular flexibility index (Phi) is 1.30. The summed E-state index contributed by atoms with van der Waals surface area (Å²) >= 11 is 0. The molecule has 2 heteroatoms. The van der Waals surface area contributed by atoms with Crippen molar-refractivity contribution in [3.8, 4) is 0 Å². The third kappa shape index (κ3) is 0.924. The molecule has 2 unspecified atom stereocenters. The fraction of sp³-hybridized carbons (Fsp3) is 1.00. The van der Waals surface area contributed by atoms with E-state index in [9.17, 15) is 0 Å². The second-order valence-corrected chi connectivity index (χ2v) is 2.06. The van der Waals surface area contributed by atoms with Crippen molar-refractivity contribution in [3.63, 3.8) is 0 Å². The highest BCUT2D eigenvalue weighted by molar-refractivity contribution is 4.60. The van der Waals surface area contributed by atoms with E-state index in [0.717, 1.165) is 6.61 Å². The fourth-order valence-corrected chi connectivity index (χ4v) is 0.484. The number of hydrogen-bond donors (Lipinski definition) is 0. The van der Waals surface area contributed by atoms with Crippen LogP contribution in [0.3, 0.4) is 0 Å². The molecule has 0 aromatic rings. The average molecular weight is 102 g/mol. The van der Waals surface area contributed by atoms with Crippen molar-refractivity contribution in [1.29, 1.82) is 0 Å². The molecule has 0 amide bonds. The maximum atomic E-state index is 4.77. The molecule has 0 aliphatic carbocycles. The zero-order valence-corrected chi connectivity index (χ0v) is 4.68. The summed E-state index contributed by atoms with van der Waals surface area (Å²) in [5, 5.41) is 0. The molecule has 7 heavy (non-hydrogen) atoms. The van der Waals surface area contributed by atoms with E-state index in [-0.39, 0.29) is 0 Å². The van der Waals surface area contributed by atoms with Crippen LogP contribution in [0.4, 0.5) is 0 Å². The van der Waals surface area contributed by atoms with E-state index < -0.39 is 0 Å². The highest BCUT2D eigenvalue weighted by Crippen LogP contribution is 2.14. The first-order chi connectivity index (χ1) is 3.30. The van der Waals surface area contributed by atoms with Gasteiger partial charge in [0.15, 0.2) is 0 Å². The Labute approximate surface area is 43.3 Å². The molecule has 1 fully saturated rings. The Balaban J connectivity index is 2.33. The second-order valence-electron chi connectivity index (χ2n) is 2.06. The molecule has 0 aromatic carbocycles. The van der Waals surface area contributed by atoms with Crippen LogP contribution >= 0.6 is 0 Å². The zero-order chi connectivity index (χ0) is 5.28. The summed E-state index contributed by atoms with van der Waals surface area (Å²) in [6.45, 7) is 4.87. The molecule has 0 aromatic heterocycles. The molecular formula is C5H10O2. The highest BCUT2D eigenvalue weighted by atomic mass is 17.2. The fourth-order valence-electron chi connectivity index (χ4n) is 0.484. The maximum Gasteiger partial charge on any atom is 0.0950 e. The van der Waals surface area contributed by atoms with Crippen LogP contribution in [0, 0.1) is 5.92 Å². The number of hydrogen-bond acceptors (Lipinski definition) is 2. The summed E-state index contributed by atoms with van der Waals surface area (Å²) in [6, 6.07) is 0. The molecule has 1 rings (SSSR count). The Hall–Kier alpha value is -0.0800. The molecular weight excluding hydrogens is 92.1 g/mol. The first kappa shape index (κ1) is 5.06. The van der Waals surface area contributed by atoms with Crippen molar-refractivity contribution >= 4 is 0 Å². The van der Waals surface area contributed by atoms with Gasteiger partial charge in [-0.05, 0) is 6.92 Å². The Morgan fingerprint density at radius 3 is 2.29 bits per heavy atom. The minimum absolute atomic E-state index is 0.292. The van der Waals surface area contributed by atoms with Gasteiger partial charge in [-0.15, -0.1) is 0 Å². The lowest BCUT2D eigenvalue weighted by Gasteiger charge is -1.99. The van der Waals surface area contributed by atoms with Crippen LogP contribution in [0.25, 0.3) is 0 Å². The SMILES string of the molecule is CC1COOC1C. The largest absolute Gasteiger partial charge is 0.236 e. The summed E-state index contributed by atoms with van der Waals surface area (Å²) in [7, 11) is 0. The molecule has 1 saturated heterocycles. The van der Waals surface area contributed by atoms with Crippen LogP contribution in [0.5, 0.6) is 0 Å². The number of rotatable bonds is 0. The van der Waals surface area contributed by atoms with Gasteiger partial charge in [0, 0.05) is 5.92 Å². The first-order valence-corrected chi connectivity index (χ1v) is 2.59. The quantitative estimate of drug-likeness (QED) is 0.424. The predicted octanol–water partition coefficient (Wildman–Crippen LogP) is 0.973. The van der Waals surface area contributed by atoms with Crippen molar-refractivity contribution in [2.75, 3.05) is 6.61 Å². The van der Waals surface area contributed by atoms with Gasteiger partial charge in [0.2, 0.25) is 0 Å². The van der Waals surface area contributed by atoms with Gasteiger partial charge in [0.05, 0.1) is 12.7 Å². The van der Waals surface area contributed by atoms with E-state index in [4.69, 9.17) is 4.89 Å². The van der Waals surface area contributed by atoms with Crippen LogP contribution in [0.15, 0.2) is 0 Å². The normalized spacial score (nSPS) is 42.0. The second kappa shape index (κ2) is 1.80.